The summed E-state index contributed by atoms with van der Waals surface area (Å²) in [6.45, 7) is 14.6. The van der Waals surface area contributed by atoms with Gasteiger partial charge in [0.15, 0.2) is 0 Å². The van der Waals surface area contributed by atoms with Gasteiger partial charge in [0.05, 0.1) is 11.7 Å². The minimum atomic E-state index is -0.642. The molecular formula is C29H48O4. The Kier molecular flexibility index (Phi) is 6.86. The molecule has 4 aliphatic rings. The van der Waals surface area contributed by atoms with Gasteiger partial charge < -0.3 is 14.9 Å². The lowest BCUT2D eigenvalue weighted by Gasteiger charge is -2.62. The van der Waals surface area contributed by atoms with Gasteiger partial charge in [-0.05, 0) is 119 Å². The SMILES string of the molecule is C=C(C)CCCC(C)(O)C1CCC2C3CC(OC(C)=O)C4CC(O)CCC4(C)C3CCC21C. The van der Waals surface area contributed by atoms with Gasteiger partial charge in [-0.25, -0.2) is 0 Å². The summed E-state index contributed by atoms with van der Waals surface area (Å²) in [4.78, 5) is 12.0. The van der Waals surface area contributed by atoms with Crippen molar-refractivity contribution in [2.75, 3.05) is 0 Å². The average Bonchev–Trinajstić information content (AvgIpc) is 3.07. The quantitative estimate of drug-likeness (QED) is 0.374. The highest BCUT2D eigenvalue weighted by Crippen LogP contribution is 2.69. The first-order valence-electron chi connectivity index (χ1n) is 13.6. The van der Waals surface area contributed by atoms with E-state index in [1.54, 1.807) is 0 Å². The molecule has 33 heavy (non-hydrogen) atoms. The van der Waals surface area contributed by atoms with Crippen LogP contribution in [0.2, 0.25) is 0 Å². The predicted molar refractivity (Wildman–Crippen MR) is 131 cm³/mol. The molecule has 10 atom stereocenters. The van der Waals surface area contributed by atoms with Crippen LogP contribution in [0.3, 0.4) is 0 Å². The second-order valence-corrected chi connectivity index (χ2v) is 13.1. The van der Waals surface area contributed by atoms with Crippen molar-refractivity contribution in [3.63, 3.8) is 0 Å². The molecule has 0 aromatic rings. The highest BCUT2D eigenvalue weighted by molar-refractivity contribution is 5.66. The number of ether oxygens (including phenoxy) is 1. The van der Waals surface area contributed by atoms with E-state index in [-0.39, 0.29) is 34.9 Å². The van der Waals surface area contributed by atoms with Gasteiger partial charge in [0.25, 0.3) is 0 Å². The molecule has 0 heterocycles. The molecule has 0 bridgehead atoms. The van der Waals surface area contributed by atoms with Crippen molar-refractivity contribution in [3.05, 3.63) is 12.2 Å². The fraction of sp³-hybridized carbons (Fsp3) is 0.897. The number of fused-ring (bicyclic) bond motifs is 5. The summed E-state index contributed by atoms with van der Waals surface area (Å²) in [7, 11) is 0. The highest BCUT2D eigenvalue weighted by atomic mass is 16.5. The molecule has 4 aliphatic carbocycles. The largest absolute Gasteiger partial charge is 0.462 e. The Morgan fingerprint density at radius 1 is 1.03 bits per heavy atom. The van der Waals surface area contributed by atoms with E-state index in [1.165, 1.54) is 31.8 Å². The Balaban J connectivity index is 1.58. The lowest BCUT2D eigenvalue weighted by atomic mass is 9.43. The summed E-state index contributed by atoms with van der Waals surface area (Å²) in [5, 5.41) is 22.1. The van der Waals surface area contributed by atoms with Crippen molar-refractivity contribution >= 4 is 5.97 Å². The van der Waals surface area contributed by atoms with Gasteiger partial charge in [0.1, 0.15) is 6.10 Å². The van der Waals surface area contributed by atoms with Crippen molar-refractivity contribution in [2.24, 2.45) is 40.4 Å². The Hall–Kier alpha value is -0.870. The zero-order valence-electron chi connectivity index (χ0n) is 21.7. The van der Waals surface area contributed by atoms with E-state index < -0.39 is 5.60 Å². The van der Waals surface area contributed by atoms with Crippen molar-refractivity contribution in [1.29, 1.82) is 0 Å². The number of esters is 1. The van der Waals surface area contributed by atoms with Gasteiger partial charge in [0, 0.05) is 12.8 Å². The summed E-state index contributed by atoms with van der Waals surface area (Å²) in [5.74, 6) is 2.15. The Morgan fingerprint density at radius 3 is 2.36 bits per heavy atom. The van der Waals surface area contributed by atoms with Crippen LogP contribution in [0.5, 0.6) is 0 Å². The van der Waals surface area contributed by atoms with Crippen molar-refractivity contribution in [2.45, 2.75) is 123 Å². The van der Waals surface area contributed by atoms with Crippen LogP contribution >= 0.6 is 0 Å². The molecular weight excluding hydrogens is 412 g/mol. The molecule has 0 saturated heterocycles. The van der Waals surface area contributed by atoms with Gasteiger partial charge in [-0.15, -0.1) is 6.58 Å². The van der Waals surface area contributed by atoms with Gasteiger partial charge in [-0.1, -0.05) is 19.4 Å². The maximum atomic E-state index is 12.0. The third-order valence-electron chi connectivity index (χ3n) is 11.0. The first-order valence-corrected chi connectivity index (χ1v) is 13.6. The Bertz CT molecular complexity index is 759. The molecule has 0 aromatic heterocycles. The second kappa shape index (κ2) is 8.97. The molecule has 0 radical (unpaired) electrons. The van der Waals surface area contributed by atoms with Crippen LogP contribution in [-0.4, -0.2) is 34.0 Å². The third kappa shape index (κ3) is 4.44. The van der Waals surface area contributed by atoms with Crippen LogP contribution in [0.25, 0.3) is 0 Å². The minimum absolute atomic E-state index is 0.0822. The van der Waals surface area contributed by atoms with Crippen LogP contribution in [0.4, 0.5) is 0 Å². The van der Waals surface area contributed by atoms with Crippen LogP contribution in [0.1, 0.15) is 105 Å². The number of hydrogen-bond donors (Lipinski definition) is 2. The monoisotopic (exact) mass is 460 g/mol. The second-order valence-electron chi connectivity index (χ2n) is 13.1. The Labute approximate surface area is 201 Å². The van der Waals surface area contributed by atoms with Crippen LogP contribution in [0, 0.1) is 40.4 Å². The van der Waals surface area contributed by atoms with E-state index >= 15 is 0 Å². The maximum absolute atomic E-state index is 12.0. The first kappa shape index (κ1) is 25.2. The van der Waals surface area contributed by atoms with Gasteiger partial charge in [-0.3, -0.25) is 4.79 Å². The molecule has 0 spiro atoms. The fourth-order valence-electron chi connectivity index (χ4n) is 9.53. The molecule has 4 heteroatoms. The van der Waals surface area contributed by atoms with Crippen molar-refractivity contribution in [3.8, 4) is 0 Å². The molecule has 0 aromatic carbocycles. The van der Waals surface area contributed by atoms with Gasteiger partial charge in [0.2, 0.25) is 0 Å². The van der Waals surface area contributed by atoms with E-state index in [1.807, 2.05) is 0 Å². The van der Waals surface area contributed by atoms with Crippen molar-refractivity contribution in [1.82, 2.24) is 0 Å². The van der Waals surface area contributed by atoms with E-state index in [4.69, 9.17) is 4.74 Å². The number of allylic oxidation sites excluding steroid dienone is 1. The number of aliphatic hydroxyl groups excluding tert-OH is 1. The zero-order chi connectivity index (χ0) is 24.2. The first-order chi connectivity index (χ1) is 15.4. The number of carbonyl (C=O) groups excluding carboxylic acids is 1. The molecule has 4 nitrogen and oxygen atoms in total. The minimum Gasteiger partial charge on any atom is -0.462 e. The summed E-state index contributed by atoms with van der Waals surface area (Å²) >= 11 is 0. The number of aliphatic hydroxyl groups is 2. The summed E-state index contributed by atoms with van der Waals surface area (Å²) in [6, 6.07) is 0. The van der Waals surface area contributed by atoms with E-state index in [2.05, 4.69) is 34.3 Å². The molecule has 0 amide bonds. The van der Waals surface area contributed by atoms with Crippen molar-refractivity contribution < 1.29 is 19.7 Å². The number of carbonyl (C=O) groups is 1. The number of rotatable bonds is 6. The molecule has 10 unspecified atom stereocenters. The Morgan fingerprint density at radius 2 is 1.70 bits per heavy atom. The topological polar surface area (TPSA) is 66.8 Å². The normalized spacial score (nSPS) is 46.5. The number of hydrogen-bond acceptors (Lipinski definition) is 4. The molecule has 4 rings (SSSR count). The fourth-order valence-corrected chi connectivity index (χ4v) is 9.53. The zero-order valence-corrected chi connectivity index (χ0v) is 21.7. The van der Waals surface area contributed by atoms with Crippen LogP contribution < -0.4 is 0 Å². The molecule has 2 N–H and O–H groups in total. The van der Waals surface area contributed by atoms with Crippen LogP contribution in [0.15, 0.2) is 12.2 Å². The lowest BCUT2D eigenvalue weighted by molar-refractivity contribution is -0.195. The van der Waals surface area contributed by atoms with E-state index in [0.29, 0.717) is 23.7 Å². The molecule has 4 fully saturated rings. The van der Waals surface area contributed by atoms with Gasteiger partial charge in [-0.2, -0.15) is 0 Å². The van der Waals surface area contributed by atoms with Crippen LogP contribution in [-0.2, 0) is 9.53 Å². The van der Waals surface area contributed by atoms with Gasteiger partial charge >= 0.3 is 5.97 Å². The molecule has 0 aliphatic heterocycles. The third-order valence-corrected chi connectivity index (χ3v) is 11.0. The lowest BCUT2D eigenvalue weighted by Crippen LogP contribution is -2.59. The summed E-state index contributed by atoms with van der Waals surface area (Å²) in [5.41, 5.74) is 0.829. The van der Waals surface area contributed by atoms with E-state index in [9.17, 15) is 15.0 Å². The average molecular weight is 461 g/mol. The molecule has 188 valence electrons. The maximum Gasteiger partial charge on any atom is 0.302 e. The predicted octanol–water partition coefficient (Wildman–Crippen LogP) is 6.05. The van der Waals surface area contributed by atoms with E-state index in [0.717, 1.165) is 51.4 Å². The highest BCUT2D eigenvalue weighted by Gasteiger charge is 2.64. The smallest absolute Gasteiger partial charge is 0.302 e. The summed E-state index contributed by atoms with van der Waals surface area (Å²) in [6.07, 6.45) is 10.7. The summed E-state index contributed by atoms with van der Waals surface area (Å²) < 4.78 is 5.97. The standard InChI is InChI=1S/C29H48O4/c1-18(2)8-7-13-29(6,32)26-10-9-22-21-17-25(33-19(3)30)24-16-20(31)11-14-27(24,4)23(21)12-15-28(22,26)5/h20-26,31-32H,1,7-17H2,2-6H3. The molecule has 4 saturated carbocycles.